The standard InChI is InChI=1S/C31H37FN4O2/c32-26-18-24(17-22-8-1-3-9-25(22)26)30(37)28(20-35-14-5-6-15-35)34-31(38)23-13-16-36(19-23)29-12-11-21-7-2-4-10-27(21)33-29/h2,4,7,10-12,17-18,23,28,30,37H,1,3,5-6,8-9,13-16,19-20H2,(H,34,38)/t23-,28-,30-/m1/s1. The lowest BCUT2D eigenvalue weighted by atomic mass is 9.88. The van der Waals surface area contributed by atoms with Crippen LogP contribution < -0.4 is 10.2 Å². The number of likely N-dealkylation sites (tertiary alicyclic amines) is 1. The summed E-state index contributed by atoms with van der Waals surface area (Å²) in [7, 11) is 0. The third-order valence-corrected chi connectivity index (χ3v) is 8.60. The van der Waals surface area contributed by atoms with Crippen LogP contribution in [0.15, 0.2) is 48.5 Å². The average molecular weight is 517 g/mol. The van der Waals surface area contributed by atoms with Crippen LogP contribution in [-0.4, -0.2) is 59.7 Å². The van der Waals surface area contributed by atoms with Crippen LogP contribution in [0.25, 0.3) is 10.9 Å². The van der Waals surface area contributed by atoms with Crippen LogP contribution >= 0.6 is 0 Å². The molecule has 7 heteroatoms. The number of aliphatic hydroxyl groups excluding tert-OH is 1. The van der Waals surface area contributed by atoms with E-state index in [9.17, 15) is 14.3 Å². The van der Waals surface area contributed by atoms with E-state index < -0.39 is 12.1 Å². The Hall–Kier alpha value is -3.03. The maximum atomic E-state index is 15.0. The minimum atomic E-state index is -0.957. The molecule has 0 spiro atoms. The molecule has 0 radical (unpaired) electrons. The molecule has 2 saturated heterocycles. The molecule has 2 aromatic carbocycles. The lowest BCUT2D eigenvalue weighted by molar-refractivity contribution is -0.126. The van der Waals surface area contributed by atoms with Gasteiger partial charge in [-0.15, -0.1) is 0 Å². The number of fused-ring (bicyclic) bond motifs is 2. The highest BCUT2D eigenvalue weighted by Gasteiger charge is 2.34. The monoisotopic (exact) mass is 516 g/mol. The van der Waals surface area contributed by atoms with E-state index in [0.29, 0.717) is 18.7 Å². The van der Waals surface area contributed by atoms with Crippen molar-refractivity contribution in [1.29, 1.82) is 0 Å². The fourth-order valence-electron chi connectivity index (χ4n) is 6.42. The van der Waals surface area contributed by atoms with E-state index in [1.807, 2.05) is 36.4 Å². The second-order valence-corrected chi connectivity index (χ2v) is 11.2. The third kappa shape index (κ3) is 5.27. The van der Waals surface area contributed by atoms with Gasteiger partial charge in [0.25, 0.3) is 0 Å². The summed E-state index contributed by atoms with van der Waals surface area (Å²) in [6.07, 6.45) is 5.69. The summed E-state index contributed by atoms with van der Waals surface area (Å²) >= 11 is 0. The van der Waals surface area contributed by atoms with Gasteiger partial charge in [-0.25, -0.2) is 9.37 Å². The molecule has 6 rings (SSSR count). The number of pyridine rings is 1. The van der Waals surface area contributed by atoms with Gasteiger partial charge in [0.2, 0.25) is 5.91 Å². The Balaban J connectivity index is 1.17. The lowest BCUT2D eigenvalue weighted by Gasteiger charge is -2.30. The second kappa shape index (κ2) is 11.0. The summed E-state index contributed by atoms with van der Waals surface area (Å²) in [4.78, 5) is 22.8. The number of carbonyl (C=O) groups excluding carboxylic acids is 1. The topological polar surface area (TPSA) is 68.7 Å². The highest BCUT2D eigenvalue weighted by molar-refractivity contribution is 5.82. The van der Waals surface area contributed by atoms with Crippen LogP contribution in [0.5, 0.6) is 0 Å². The molecule has 2 N–H and O–H groups in total. The zero-order chi connectivity index (χ0) is 26.1. The molecule has 6 nitrogen and oxygen atoms in total. The zero-order valence-corrected chi connectivity index (χ0v) is 21.9. The number of aromatic nitrogens is 1. The number of amides is 1. The first-order valence-corrected chi connectivity index (χ1v) is 14.2. The highest BCUT2D eigenvalue weighted by Crippen LogP contribution is 2.30. The largest absolute Gasteiger partial charge is 0.386 e. The first kappa shape index (κ1) is 25.3. The molecule has 200 valence electrons. The number of aliphatic hydroxyl groups is 1. The van der Waals surface area contributed by atoms with Gasteiger partial charge < -0.3 is 20.2 Å². The van der Waals surface area contributed by atoms with E-state index >= 15 is 0 Å². The van der Waals surface area contributed by atoms with E-state index in [1.165, 1.54) is 6.07 Å². The maximum Gasteiger partial charge on any atom is 0.225 e. The molecule has 3 atom stereocenters. The van der Waals surface area contributed by atoms with Crippen molar-refractivity contribution >= 4 is 22.6 Å². The molecule has 3 aromatic rings. The average Bonchev–Trinajstić information content (AvgIpc) is 3.65. The summed E-state index contributed by atoms with van der Waals surface area (Å²) in [5.41, 5.74) is 3.32. The molecule has 1 aliphatic carbocycles. The molecular weight excluding hydrogens is 479 g/mol. The number of carbonyl (C=O) groups is 1. The first-order valence-electron chi connectivity index (χ1n) is 14.2. The molecule has 0 saturated carbocycles. The molecule has 3 aliphatic rings. The summed E-state index contributed by atoms with van der Waals surface area (Å²) in [5.74, 6) is 0.431. The third-order valence-electron chi connectivity index (χ3n) is 8.60. The van der Waals surface area contributed by atoms with Gasteiger partial charge in [-0.2, -0.15) is 0 Å². The van der Waals surface area contributed by atoms with Gasteiger partial charge in [0.15, 0.2) is 0 Å². The van der Waals surface area contributed by atoms with E-state index in [1.54, 1.807) is 0 Å². The van der Waals surface area contributed by atoms with Crippen molar-refractivity contribution in [2.45, 2.75) is 57.1 Å². The molecule has 1 aromatic heterocycles. The number of rotatable bonds is 7. The SMILES string of the molecule is O=C(N[C@H](CN1CCCC1)[C@H](O)c1cc(F)c2c(c1)CCCC2)[C@@H]1CCN(c2ccc3ccccc3n2)C1. The number of halogens is 1. The lowest BCUT2D eigenvalue weighted by Crippen LogP contribution is -2.48. The van der Waals surface area contributed by atoms with Crippen LogP contribution in [0, 0.1) is 11.7 Å². The normalized spacial score (nSPS) is 21.4. The number of anilines is 1. The molecule has 2 aliphatic heterocycles. The number of benzene rings is 2. The van der Waals surface area contributed by atoms with E-state index in [0.717, 1.165) is 92.4 Å². The van der Waals surface area contributed by atoms with Gasteiger partial charge in [-0.1, -0.05) is 24.3 Å². The van der Waals surface area contributed by atoms with E-state index in [-0.39, 0.29) is 17.6 Å². The second-order valence-electron chi connectivity index (χ2n) is 11.2. The Morgan fingerprint density at radius 1 is 1.05 bits per heavy atom. The van der Waals surface area contributed by atoms with Crippen molar-refractivity contribution in [3.8, 4) is 0 Å². The number of nitrogens with one attached hydrogen (secondary N) is 1. The number of hydrogen-bond acceptors (Lipinski definition) is 5. The van der Waals surface area contributed by atoms with E-state index in [2.05, 4.69) is 21.2 Å². The summed E-state index contributed by atoms with van der Waals surface area (Å²) in [6.45, 7) is 3.84. The van der Waals surface area contributed by atoms with Crippen molar-refractivity contribution in [1.82, 2.24) is 15.2 Å². The smallest absolute Gasteiger partial charge is 0.225 e. The molecule has 0 unspecified atom stereocenters. The van der Waals surface area contributed by atoms with Gasteiger partial charge in [-0.05, 0) is 99.0 Å². The Morgan fingerprint density at radius 2 is 1.87 bits per heavy atom. The van der Waals surface area contributed by atoms with Crippen molar-refractivity contribution in [3.05, 3.63) is 71.0 Å². The minimum absolute atomic E-state index is 0.0463. The van der Waals surface area contributed by atoms with Crippen LogP contribution in [0.3, 0.4) is 0 Å². The van der Waals surface area contributed by atoms with Crippen molar-refractivity contribution in [2.24, 2.45) is 5.92 Å². The van der Waals surface area contributed by atoms with Crippen LogP contribution in [-0.2, 0) is 17.6 Å². The summed E-state index contributed by atoms with van der Waals surface area (Å²) in [5, 5.41) is 15.7. The summed E-state index contributed by atoms with van der Waals surface area (Å²) < 4.78 is 15.0. The molecule has 1 amide bonds. The quantitative estimate of drug-likeness (QED) is 0.488. The number of para-hydroxylation sites is 1. The van der Waals surface area contributed by atoms with Crippen LogP contribution in [0.4, 0.5) is 10.2 Å². The Bertz CT molecular complexity index is 1310. The fourth-order valence-corrected chi connectivity index (χ4v) is 6.42. The number of aryl methyl sites for hydroxylation is 1. The van der Waals surface area contributed by atoms with Crippen molar-refractivity contribution in [3.63, 3.8) is 0 Å². The Morgan fingerprint density at radius 3 is 2.74 bits per heavy atom. The van der Waals surface area contributed by atoms with Crippen molar-refractivity contribution in [2.75, 3.05) is 37.6 Å². The first-order chi connectivity index (χ1) is 18.5. The predicted octanol–water partition coefficient (Wildman–Crippen LogP) is 4.39. The van der Waals surface area contributed by atoms with Gasteiger partial charge in [0.1, 0.15) is 17.7 Å². The van der Waals surface area contributed by atoms with Gasteiger partial charge in [0.05, 0.1) is 17.5 Å². The van der Waals surface area contributed by atoms with Gasteiger partial charge >= 0.3 is 0 Å². The van der Waals surface area contributed by atoms with Crippen molar-refractivity contribution < 1.29 is 14.3 Å². The maximum absolute atomic E-state index is 15.0. The molecule has 3 heterocycles. The number of hydrogen-bond donors (Lipinski definition) is 2. The molecule has 38 heavy (non-hydrogen) atoms. The Kier molecular flexibility index (Phi) is 7.30. The highest BCUT2D eigenvalue weighted by atomic mass is 19.1. The minimum Gasteiger partial charge on any atom is -0.386 e. The van der Waals surface area contributed by atoms with Gasteiger partial charge in [-0.3, -0.25) is 4.79 Å². The zero-order valence-electron chi connectivity index (χ0n) is 21.9. The number of nitrogens with zero attached hydrogens (tertiary/aromatic N) is 3. The van der Waals surface area contributed by atoms with Crippen LogP contribution in [0.1, 0.15) is 54.9 Å². The van der Waals surface area contributed by atoms with Crippen LogP contribution in [0.2, 0.25) is 0 Å². The summed E-state index contributed by atoms with van der Waals surface area (Å²) in [6, 6.07) is 15.1. The molecular formula is C31H37FN4O2. The molecule has 2 fully saturated rings. The molecule has 0 bridgehead atoms. The van der Waals surface area contributed by atoms with Gasteiger partial charge in [0, 0.05) is 25.0 Å². The van der Waals surface area contributed by atoms with E-state index in [4.69, 9.17) is 4.98 Å². The predicted molar refractivity (Wildman–Crippen MR) is 148 cm³/mol. The fraction of sp³-hybridized carbons (Fsp3) is 0.484. The Labute approximate surface area is 223 Å².